The number of anilines is 1. The van der Waals surface area contributed by atoms with Crippen LogP contribution in [0.3, 0.4) is 0 Å². The fourth-order valence-corrected chi connectivity index (χ4v) is 4.05. The Balaban J connectivity index is 1.70. The lowest BCUT2D eigenvalue weighted by Gasteiger charge is -2.12. The van der Waals surface area contributed by atoms with Crippen LogP contribution in [-0.4, -0.2) is 33.0 Å². The number of sulfonamides is 1. The van der Waals surface area contributed by atoms with Gasteiger partial charge in [0.05, 0.1) is 0 Å². The van der Waals surface area contributed by atoms with Crippen molar-refractivity contribution in [2.75, 3.05) is 11.9 Å². The molecule has 0 aromatic heterocycles. The van der Waals surface area contributed by atoms with E-state index in [9.17, 15) is 17.6 Å². The second-order valence-corrected chi connectivity index (χ2v) is 7.77. The van der Waals surface area contributed by atoms with Gasteiger partial charge in [0, 0.05) is 24.2 Å². The zero-order valence-corrected chi connectivity index (χ0v) is 13.5. The molecule has 1 unspecified atom stereocenters. The smallest absolute Gasteiger partial charge is 0.243 e. The van der Waals surface area contributed by atoms with Crippen molar-refractivity contribution >= 4 is 21.6 Å². The van der Waals surface area contributed by atoms with Crippen LogP contribution < -0.4 is 15.4 Å². The molecule has 0 radical (unpaired) electrons. The average Bonchev–Trinajstić information content (AvgIpc) is 3.13. The minimum absolute atomic E-state index is 0.105. The monoisotopic (exact) mass is 341 g/mol. The van der Waals surface area contributed by atoms with Gasteiger partial charge in [-0.3, -0.25) is 4.79 Å². The minimum atomic E-state index is -3.90. The lowest BCUT2D eigenvalue weighted by Crippen LogP contribution is -2.28. The third kappa shape index (κ3) is 4.27. The molecule has 1 aliphatic heterocycles. The molecule has 3 rings (SSSR count). The second-order valence-electron chi connectivity index (χ2n) is 6.09. The molecular formula is C15H20FN3O3S. The molecular weight excluding hydrogens is 321 g/mol. The van der Waals surface area contributed by atoms with Gasteiger partial charge in [0.1, 0.15) is 10.7 Å². The van der Waals surface area contributed by atoms with Gasteiger partial charge < -0.3 is 10.6 Å². The Bertz CT molecular complexity index is 698. The van der Waals surface area contributed by atoms with E-state index in [-0.39, 0.29) is 23.7 Å². The molecule has 8 heteroatoms. The summed E-state index contributed by atoms with van der Waals surface area (Å²) in [6.07, 6.45) is 3.85. The van der Waals surface area contributed by atoms with Crippen molar-refractivity contribution in [1.82, 2.24) is 10.0 Å². The van der Waals surface area contributed by atoms with Crippen LogP contribution in [0.25, 0.3) is 0 Å². The summed E-state index contributed by atoms with van der Waals surface area (Å²) < 4.78 is 40.6. The molecule has 126 valence electrons. The Morgan fingerprint density at radius 1 is 1.30 bits per heavy atom. The molecule has 1 saturated heterocycles. The van der Waals surface area contributed by atoms with Gasteiger partial charge in [-0.05, 0) is 50.4 Å². The molecule has 23 heavy (non-hydrogen) atoms. The number of amides is 1. The third-order valence-electron chi connectivity index (χ3n) is 4.00. The largest absolute Gasteiger partial charge is 0.326 e. The van der Waals surface area contributed by atoms with E-state index in [1.807, 2.05) is 0 Å². The first-order valence-corrected chi connectivity index (χ1v) is 9.27. The first-order chi connectivity index (χ1) is 10.9. The van der Waals surface area contributed by atoms with Crippen molar-refractivity contribution in [3.05, 3.63) is 24.0 Å². The highest BCUT2D eigenvalue weighted by molar-refractivity contribution is 7.89. The predicted molar refractivity (Wildman–Crippen MR) is 84.0 cm³/mol. The standard InChI is InChI=1S/C15H20FN3O3S/c16-13-6-5-12(18-15(20)9-11-2-1-7-17-11)8-14(13)23(21,22)19-10-3-4-10/h5-6,8,10-11,17,19H,1-4,7,9H2,(H,18,20). The number of carbonyl (C=O) groups excluding carboxylic acids is 1. The van der Waals surface area contributed by atoms with Crippen LogP contribution in [0.5, 0.6) is 0 Å². The molecule has 0 bridgehead atoms. The van der Waals surface area contributed by atoms with E-state index in [0.717, 1.165) is 38.3 Å². The number of benzene rings is 1. The Labute approximate surface area is 134 Å². The number of rotatable bonds is 6. The minimum Gasteiger partial charge on any atom is -0.326 e. The van der Waals surface area contributed by atoms with Gasteiger partial charge in [0.25, 0.3) is 0 Å². The summed E-state index contributed by atoms with van der Waals surface area (Å²) in [5, 5.41) is 5.86. The zero-order valence-electron chi connectivity index (χ0n) is 12.6. The van der Waals surface area contributed by atoms with E-state index in [4.69, 9.17) is 0 Å². The summed E-state index contributed by atoms with van der Waals surface area (Å²) in [5.41, 5.74) is 0.283. The quantitative estimate of drug-likeness (QED) is 0.729. The van der Waals surface area contributed by atoms with E-state index in [0.29, 0.717) is 6.42 Å². The van der Waals surface area contributed by atoms with Crippen LogP contribution in [0.4, 0.5) is 10.1 Å². The summed E-state index contributed by atoms with van der Waals surface area (Å²) in [4.78, 5) is 11.6. The van der Waals surface area contributed by atoms with Gasteiger partial charge in [-0.1, -0.05) is 0 Å². The number of carbonyl (C=O) groups is 1. The Morgan fingerprint density at radius 3 is 2.74 bits per heavy atom. The van der Waals surface area contributed by atoms with Crippen molar-refractivity contribution in [3.63, 3.8) is 0 Å². The zero-order chi connectivity index (χ0) is 16.4. The maximum Gasteiger partial charge on any atom is 0.243 e. The molecule has 2 fully saturated rings. The fraction of sp³-hybridized carbons (Fsp3) is 0.533. The van der Waals surface area contributed by atoms with Crippen LogP contribution >= 0.6 is 0 Å². The lowest BCUT2D eigenvalue weighted by atomic mass is 10.1. The topological polar surface area (TPSA) is 87.3 Å². The van der Waals surface area contributed by atoms with Crippen LogP contribution in [0.1, 0.15) is 32.1 Å². The number of hydrogen-bond acceptors (Lipinski definition) is 4. The van der Waals surface area contributed by atoms with Crippen molar-refractivity contribution < 1.29 is 17.6 Å². The molecule has 2 aliphatic rings. The third-order valence-corrected chi connectivity index (χ3v) is 5.53. The molecule has 1 aliphatic carbocycles. The van der Waals surface area contributed by atoms with E-state index >= 15 is 0 Å². The molecule has 1 aromatic carbocycles. The molecule has 1 amide bonds. The highest BCUT2D eigenvalue weighted by Crippen LogP contribution is 2.25. The summed E-state index contributed by atoms with van der Waals surface area (Å²) >= 11 is 0. The summed E-state index contributed by atoms with van der Waals surface area (Å²) in [6, 6.07) is 3.64. The van der Waals surface area contributed by atoms with Crippen molar-refractivity contribution in [2.45, 2.75) is 49.1 Å². The number of nitrogens with one attached hydrogen (secondary N) is 3. The molecule has 0 spiro atoms. The number of halogens is 1. The number of hydrogen-bond donors (Lipinski definition) is 3. The highest BCUT2D eigenvalue weighted by atomic mass is 32.2. The van der Waals surface area contributed by atoms with Crippen LogP contribution in [0, 0.1) is 5.82 Å². The first kappa shape index (κ1) is 16.4. The van der Waals surface area contributed by atoms with E-state index in [2.05, 4.69) is 15.4 Å². The lowest BCUT2D eigenvalue weighted by molar-refractivity contribution is -0.116. The van der Waals surface area contributed by atoms with E-state index in [1.54, 1.807) is 0 Å². The van der Waals surface area contributed by atoms with Crippen LogP contribution in [-0.2, 0) is 14.8 Å². The Morgan fingerprint density at radius 2 is 2.09 bits per heavy atom. The van der Waals surface area contributed by atoms with Crippen LogP contribution in [0.15, 0.2) is 23.1 Å². The Kier molecular flexibility index (Phi) is 4.65. The molecule has 1 atom stereocenters. The van der Waals surface area contributed by atoms with Gasteiger partial charge in [-0.25, -0.2) is 17.5 Å². The highest BCUT2D eigenvalue weighted by Gasteiger charge is 2.30. The fourth-order valence-electron chi connectivity index (χ4n) is 2.64. The SMILES string of the molecule is O=C(CC1CCCN1)Nc1ccc(F)c(S(=O)(=O)NC2CC2)c1. The summed E-state index contributed by atoms with van der Waals surface area (Å²) in [5.74, 6) is -1.04. The second kappa shape index (κ2) is 6.54. The molecule has 6 nitrogen and oxygen atoms in total. The average molecular weight is 341 g/mol. The molecule has 1 saturated carbocycles. The molecule has 1 heterocycles. The first-order valence-electron chi connectivity index (χ1n) is 7.79. The van der Waals surface area contributed by atoms with Crippen molar-refractivity contribution in [2.24, 2.45) is 0 Å². The summed E-state index contributed by atoms with van der Waals surface area (Å²) in [6.45, 7) is 0.906. The van der Waals surface area contributed by atoms with E-state index in [1.165, 1.54) is 12.1 Å². The normalized spacial score (nSPS) is 21.3. The van der Waals surface area contributed by atoms with Gasteiger partial charge >= 0.3 is 0 Å². The maximum absolute atomic E-state index is 13.9. The van der Waals surface area contributed by atoms with Gasteiger partial charge in [-0.15, -0.1) is 0 Å². The predicted octanol–water partition coefficient (Wildman–Crippen LogP) is 1.35. The summed E-state index contributed by atoms with van der Waals surface area (Å²) in [7, 11) is -3.90. The maximum atomic E-state index is 13.9. The van der Waals surface area contributed by atoms with Gasteiger partial charge in [-0.2, -0.15) is 0 Å². The van der Waals surface area contributed by atoms with Gasteiger partial charge in [0.15, 0.2) is 0 Å². The van der Waals surface area contributed by atoms with Crippen LogP contribution in [0.2, 0.25) is 0 Å². The van der Waals surface area contributed by atoms with Crippen molar-refractivity contribution in [1.29, 1.82) is 0 Å². The van der Waals surface area contributed by atoms with E-state index < -0.39 is 20.7 Å². The van der Waals surface area contributed by atoms with Crippen molar-refractivity contribution in [3.8, 4) is 0 Å². The van der Waals surface area contributed by atoms with Gasteiger partial charge in [0.2, 0.25) is 15.9 Å². The molecule has 3 N–H and O–H groups in total. The Hall–Kier alpha value is -1.51. The molecule has 1 aromatic rings.